The fraction of sp³-hybridized carbons (Fsp3) is 0.182. The molecule has 0 aliphatic rings. The van der Waals surface area contributed by atoms with Crippen molar-refractivity contribution in [1.29, 1.82) is 0 Å². The van der Waals surface area contributed by atoms with Crippen molar-refractivity contribution in [2.45, 2.75) is 6.54 Å². The van der Waals surface area contributed by atoms with Crippen LogP contribution in [0, 0.1) is 0 Å². The molecule has 0 spiro atoms. The number of carboxylic acids is 1. The van der Waals surface area contributed by atoms with E-state index in [1.807, 2.05) is 0 Å². The Hall–Kier alpha value is -3.17. The van der Waals surface area contributed by atoms with Gasteiger partial charge in [-0.15, -0.1) is 0 Å². The van der Waals surface area contributed by atoms with Crippen molar-refractivity contribution in [3.63, 3.8) is 0 Å². The summed E-state index contributed by atoms with van der Waals surface area (Å²) in [6.07, 6.45) is 1.31. The lowest BCUT2D eigenvalue weighted by molar-refractivity contribution is -0.137. The Morgan fingerprint density at radius 3 is 2.76 bits per heavy atom. The molecule has 0 aromatic carbocycles. The van der Waals surface area contributed by atoms with E-state index < -0.39 is 29.3 Å². The molecule has 0 aliphatic heterocycles. The molecule has 10 heteroatoms. The molecule has 0 saturated carbocycles. The van der Waals surface area contributed by atoms with E-state index in [1.165, 1.54) is 17.6 Å². The van der Waals surface area contributed by atoms with Crippen molar-refractivity contribution in [2.75, 3.05) is 0 Å². The van der Waals surface area contributed by atoms with Gasteiger partial charge in [-0.3, -0.25) is 32.9 Å². The number of carboxylic acid groups (broad SMARTS) is 1. The van der Waals surface area contributed by atoms with Crippen molar-refractivity contribution in [3.8, 4) is 0 Å². The minimum atomic E-state index is -1.22. The molecule has 0 aliphatic carbocycles. The number of nitrogens with zero attached hydrogens (tertiary/aromatic N) is 4. The van der Waals surface area contributed by atoms with Gasteiger partial charge in [0.15, 0.2) is 11.2 Å². The van der Waals surface area contributed by atoms with Crippen molar-refractivity contribution >= 4 is 22.9 Å². The van der Waals surface area contributed by atoms with E-state index in [2.05, 4.69) is 9.97 Å². The molecular formula is C11H9N5O5. The fourth-order valence-corrected chi connectivity index (χ4v) is 2.09. The zero-order chi connectivity index (χ0) is 15.3. The van der Waals surface area contributed by atoms with E-state index in [-0.39, 0.29) is 16.9 Å². The van der Waals surface area contributed by atoms with Gasteiger partial charge in [0.05, 0.1) is 0 Å². The third kappa shape index (κ3) is 1.76. The molecule has 0 radical (unpaired) electrons. The van der Waals surface area contributed by atoms with Crippen LogP contribution in [0.25, 0.3) is 16.9 Å². The Labute approximate surface area is 114 Å². The molecule has 0 bridgehead atoms. The van der Waals surface area contributed by atoms with Crippen LogP contribution in [0.1, 0.15) is 0 Å². The zero-order valence-electron chi connectivity index (χ0n) is 10.7. The second-order valence-corrected chi connectivity index (χ2v) is 4.41. The lowest BCUT2D eigenvalue weighted by atomic mass is 10.5. The van der Waals surface area contributed by atoms with Gasteiger partial charge in [-0.1, -0.05) is 0 Å². The van der Waals surface area contributed by atoms with Crippen molar-refractivity contribution in [2.24, 2.45) is 7.05 Å². The first-order valence-electron chi connectivity index (χ1n) is 5.83. The Bertz CT molecular complexity index is 1070. The summed E-state index contributed by atoms with van der Waals surface area (Å²) in [5.74, 6) is -1.25. The summed E-state index contributed by atoms with van der Waals surface area (Å²) in [4.78, 5) is 52.7. The Morgan fingerprint density at radius 1 is 1.38 bits per heavy atom. The number of imidazole rings is 1. The van der Waals surface area contributed by atoms with Crippen LogP contribution < -0.4 is 16.8 Å². The maximum absolute atomic E-state index is 12.1. The predicted octanol–water partition coefficient (Wildman–Crippen LogP) is -1.88. The van der Waals surface area contributed by atoms with Crippen LogP contribution in [0.5, 0.6) is 0 Å². The number of hydrogen-bond acceptors (Lipinski definition) is 5. The summed E-state index contributed by atoms with van der Waals surface area (Å²) in [6.45, 7) is -0.600. The number of hydrogen-bond donors (Lipinski definition) is 2. The summed E-state index contributed by atoms with van der Waals surface area (Å²) in [6, 6.07) is 1.13. The second kappa shape index (κ2) is 4.16. The van der Waals surface area contributed by atoms with E-state index in [9.17, 15) is 19.2 Å². The molecule has 0 atom stereocenters. The van der Waals surface area contributed by atoms with Gasteiger partial charge in [0.25, 0.3) is 11.1 Å². The van der Waals surface area contributed by atoms with Gasteiger partial charge in [0.1, 0.15) is 6.54 Å². The first-order valence-corrected chi connectivity index (χ1v) is 5.83. The van der Waals surface area contributed by atoms with Crippen LogP contribution >= 0.6 is 0 Å². The Balaban J connectivity index is 2.56. The molecule has 0 unspecified atom stereocenters. The molecule has 2 N–H and O–H groups in total. The second-order valence-electron chi connectivity index (χ2n) is 4.41. The highest BCUT2D eigenvalue weighted by Gasteiger charge is 2.16. The highest BCUT2D eigenvalue weighted by Crippen LogP contribution is 2.08. The largest absolute Gasteiger partial charge is 0.480 e. The molecule has 10 nitrogen and oxygen atoms in total. The molecule has 0 saturated heterocycles. The van der Waals surface area contributed by atoms with Gasteiger partial charge in [-0.2, -0.15) is 4.98 Å². The summed E-state index contributed by atoms with van der Waals surface area (Å²) in [5.41, 5.74) is -1.76. The quantitative estimate of drug-likeness (QED) is 0.568. The van der Waals surface area contributed by atoms with Gasteiger partial charge in [0, 0.05) is 19.3 Å². The summed E-state index contributed by atoms with van der Waals surface area (Å²) >= 11 is 0. The average molecular weight is 291 g/mol. The third-order valence-corrected chi connectivity index (χ3v) is 3.10. The summed E-state index contributed by atoms with van der Waals surface area (Å²) in [7, 11) is 1.30. The molecule has 3 heterocycles. The normalized spacial score (nSPS) is 11.3. The molecule has 108 valence electrons. The molecule has 3 rings (SSSR count). The highest BCUT2D eigenvalue weighted by molar-refractivity contribution is 5.75. The van der Waals surface area contributed by atoms with E-state index in [0.717, 1.165) is 15.2 Å². The number of aliphatic carboxylic acids is 1. The van der Waals surface area contributed by atoms with Gasteiger partial charge in [-0.05, 0) is 0 Å². The van der Waals surface area contributed by atoms with Crippen LogP contribution in [-0.2, 0) is 18.4 Å². The number of nitrogens with one attached hydrogen (secondary N) is 1. The Kier molecular flexibility index (Phi) is 2.55. The summed E-state index contributed by atoms with van der Waals surface area (Å²) in [5, 5.41) is 8.85. The van der Waals surface area contributed by atoms with Crippen LogP contribution in [0.4, 0.5) is 0 Å². The number of carbonyl (C=O) groups is 1. The smallest absolute Gasteiger partial charge is 0.329 e. The van der Waals surface area contributed by atoms with Crippen LogP contribution in [0.3, 0.4) is 0 Å². The topological polar surface area (TPSA) is 131 Å². The third-order valence-electron chi connectivity index (χ3n) is 3.10. The van der Waals surface area contributed by atoms with E-state index in [1.54, 1.807) is 0 Å². The van der Waals surface area contributed by atoms with Crippen molar-refractivity contribution in [3.05, 3.63) is 43.5 Å². The van der Waals surface area contributed by atoms with Crippen LogP contribution in [0.15, 0.2) is 26.6 Å². The molecule has 21 heavy (non-hydrogen) atoms. The van der Waals surface area contributed by atoms with Gasteiger partial charge >= 0.3 is 11.7 Å². The standard InChI is InChI=1S/C11H9N5O5/c1-14-9(20)7-8(13-11(14)21)12-10-15(7)3-2-5(17)16(10)4-6(18)19/h2-3H,4H2,1H3,(H,13,21)(H,18,19). The zero-order valence-corrected chi connectivity index (χ0v) is 10.7. The van der Waals surface area contributed by atoms with Gasteiger partial charge in [0.2, 0.25) is 5.78 Å². The lowest BCUT2D eigenvalue weighted by Gasteiger charge is -2.03. The molecule has 0 fully saturated rings. The van der Waals surface area contributed by atoms with E-state index in [0.29, 0.717) is 0 Å². The van der Waals surface area contributed by atoms with E-state index >= 15 is 0 Å². The Morgan fingerprint density at radius 2 is 2.10 bits per heavy atom. The SMILES string of the molecule is Cn1c(=O)[nH]c2nc3n(CC(=O)O)c(=O)ccn3c2c1=O. The lowest BCUT2D eigenvalue weighted by Crippen LogP contribution is -2.32. The number of rotatable bonds is 2. The molecular weight excluding hydrogens is 282 g/mol. The number of fused-ring (bicyclic) bond motifs is 3. The highest BCUT2D eigenvalue weighted by atomic mass is 16.4. The van der Waals surface area contributed by atoms with E-state index in [4.69, 9.17) is 5.11 Å². The number of H-pyrrole nitrogens is 1. The average Bonchev–Trinajstić information content (AvgIpc) is 2.77. The number of aromatic amines is 1. The minimum absolute atomic E-state index is 0.00663. The predicted molar refractivity (Wildman–Crippen MR) is 70.5 cm³/mol. The first kappa shape index (κ1) is 12.8. The minimum Gasteiger partial charge on any atom is -0.480 e. The summed E-state index contributed by atoms with van der Waals surface area (Å²) < 4.78 is 3.04. The van der Waals surface area contributed by atoms with Crippen molar-refractivity contribution < 1.29 is 9.90 Å². The monoisotopic (exact) mass is 291 g/mol. The molecule has 0 amide bonds. The fourth-order valence-electron chi connectivity index (χ4n) is 2.09. The maximum atomic E-state index is 12.1. The van der Waals surface area contributed by atoms with Gasteiger partial charge in [-0.25, -0.2) is 4.79 Å². The van der Waals surface area contributed by atoms with Gasteiger partial charge < -0.3 is 5.11 Å². The van der Waals surface area contributed by atoms with Crippen LogP contribution in [-0.4, -0.2) is 34.6 Å². The molecule has 3 aromatic heterocycles. The van der Waals surface area contributed by atoms with Crippen LogP contribution in [0.2, 0.25) is 0 Å². The first-order chi connectivity index (χ1) is 9.90. The number of aromatic nitrogens is 5. The molecule has 3 aromatic rings. The van der Waals surface area contributed by atoms with Crippen molar-refractivity contribution in [1.82, 2.24) is 23.5 Å². The maximum Gasteiger partial charge on any atom is 0.329 e.